The average molecular weight is 392 g/mol. The van der Waals surface area contributed by atoms with Crippen molar-refractivity contribution in [1.29, 1.82) is 0 Å². The van der Waals surface area contributed by atoms with Crippen LogP contribution >= 0.6 is 0 Å². The molecule has 1 spiro atoms. The monoisotopic (exact) mass is 392 g/mol. The number of likely N-dealkylation sites (tertiary alicyclic amines) is 1. The maximum Gasteiger partial charge on any atom is 0.230 e. The maximum absolute atomic E-state index is 13.4. The summed E-state index contributed by atoms with van der Waals surface area (Å²) in [6.07, 6.45) is 6.78. The molecule has 5 rings (SSSR count). The smallest absolute Gasteiger partial charge is 0.230 e. The molecule has 2 unspecified atom stereocenters. The lowest BCUT2D eigenvalue weighted by molar-refractivity contribution is -0.143. The fraction of sp³-hybridized carbons (Fsp3) is 0.500. The van der Waals surface area contributed by atoms with Gasteiger partial charge in [-0.3, -0.25) is 9.59 Å². The third kappa shape index (κ3) is 2.86. The van der Waals surface area contributed by atoms with Gasteiger partial charge >= 0.3 is 0 Å². The molecule has 152 valence electrons. The zero-order valence-corrected chi connectivity index (χ0v) is 17.4. The van der Waals surface area contributed by atoms with E-state index in [4.69, 9.17) is 4.74 Å². The van der Waals surface area contributed by atoms with Crippen LogP contribution in [0.2, 0.25) is 0 Å². The van der Waals surface area contributed by atoms with Crippen molar-refractivity contribution in [3.05, 3.63) is 58.7 Å². The first-order valence-corrected chi connectivity index (χ1v) is 10.5. The number of aryl methyl sites for hydroxylation is 2. The van der Waals surface area contributed by atoms with Gasteiger partial charge in [0.15, 0.2) is 0 Å². The summed E-state index contributed by atoms with van der Waals surface area (Å²) in [4.78, 5) is 30.5. The summed E-state index contributed by atoms with van der Waals surface area (Å²) < 4.78 is 6.27. The van der Waals surface area contributed by atoms with Gasteiger partial charge in [0.05, 0.1) is 24.5 Å². The van der Waals surface area contributed by atoms with E-state index in [2.05, 4.69) is 45.0 Å². The van der Waals surface area contributed by atoms with Crippen LogP contribution in [-0.4, -0.2) is 53.0 Å². The molecule has 0 aliphatic carbocycles. The second-order valence-electron chi connectivity index (χ2n) is 9.10. The van der Waals surface area contributed by atoms with Gasteiger partial charge in [0, 0.05) is 19.6 Å². The molecule has 1 aromatic rings. The normalized spacial score (nSPS) is 32.7. The number of rotatable bonds is 3. The molecule has 0 saturated carbocycles. The molecule has 2 amide bonds. The fourth-order valence-electron chi connectivity index (χ4n) is 5.30. The molecule has 2 saturated heterocycles. The summed E-state index contributed by atoms with van der Waals surface area (Å²) in [6.45, 7) is 8.74. The molecule has 5 nitrogen and oxygen atoms in total. The first-order valence-electron chi connectivity index (χ1n) is 10.5. The molecule has 0 radical (unpaired) electrons. The minimum absolute atomic E-state index is 0.0529. The summed E-state index contributed by atoms with van der Waals surface area (Å²) in [5.41, 5.74) is 4.29. The summed E-state index contributed by atoms with van der Waals surface area (Å²) >= 11 is 0. The number of ether oxygens (including phenoxy) is 1. The Morgan fingerprint density at radius 3 is 2.79 bits per heavy atom. The Labute approximate surface area is 172 Å². The Balaban J connectivity index is 1.38. The van der Waals surface area contributed by atoms with Gasteiger partial charge in [-0.05, 0) is 43.9 Å². The number of hydrogen-bond acceptors (Lipinski definition) is 3. The predicted octanol–water partition coefficient (Wildman–Crippen LogP) is 2.76. The molecule has 2 fully saturated rings. The van der Waals surface area contributed by atoms with Crippen molar-refractivity contribution < 1.29 is 14.3 Å². The van der Waals surface area contributed by atoms with Crippen LogP contribution in [0.15, 0.2) is 42.0 Å². The van der Waals surface area contributed by atoms with Crippen molar-refractivity contribution in [2.24, 2.45) is 11.8 Å². The van der Waals surface area contributed by atoms with Crippen LogP contribution < -0.4 is 0 Å². The number of hydrogen-bond donors (Lipinski definition) is 0. The largest absolute Gasteiger partial charge is 0.360 e. The van der Waals surface area contributed by atoms with Crippen molar-refractivity contribution in [2.45, 2.75) is 45.4 Å². The molecule has 5 heteroatoms. The van der Waals surface area contributed by atoms with Crippen LogP contribution in [0.25, 0.3) is 0 Å². The van der Waals surface area contributed by atoms with Crippen LogP contribution in [-0.2, 0) is 20.9 Å². The third-order valence-electron chi connectivity index (χ3n) is 7.16. The van der Waals surface area contributed by atoms with E-state index in [9.17, 15) is 9.59 Å². The standard InChI is InChI=1S/C24H28N2O3/c1-15-7-10-25(11-8-15)22(27)20-19-6-9-24(29-19)14-26(23(28)21(20)24)13-18-5-4-16(2)17(3)12-18/h4-7,9,12,19-21H,8,10-11,13-14H2,1-3H3/t19-,20?,21?,24-/m0/s1. The van der Waals surface area contributed by atoms with Crippen LogP contribution in [0.3, 0.4) is 0 Å². The number of nitrogens with zero attached hydrogens (tertiary/aromatic N) is 2. The molecule has 4 aliphatic rings. The zero-order valence-electron chi connectivity index (χ0n) is 17.4. The first-order chi connectivity index (χ1) is 13.9. The van der Waals surface area contributed by atoms with Gasteiger partial charge in [-0.15, -0.1) is 0 Å². The average Bonchev–Trinajstić information content (AvgIpc) is 3.33. The number of amides is 2. The zero-order chi connectivity index (χ0) is 20.3. The summed E-state index contributed by atoms with van der Waals surface area (Å²) in [5, 5.41) is 0. The van der Waals surface area contributed by atoms with Crippen LogP contribution in [0.4, 0.5) is 0 Å². The molecule has 4 heterocycles. The Bertz CT molecular complexity index is 949. The van der Waals surface area contributed by atoms with Crippen LogP contribution in [0, 0.1) is 25.7 Å². The van der Waals surface area contributed by atoms with E-state index in [0.717, 1.165) is 18.5 Å². The highest BCUT2D eigenvalue weighted by Gasteiger charge is 2.67. The minimum Gasteiger partial charge on any atom is -0.360 e. The van der Waals surface area contributed by atoms with Gasteiger partial charge in [0.2, 0.25) is 11.8 Å². The molecule has 0 aromatic heterocycles. The Hall–Kier alpha value is -2.40. The van der Waals surface area contributed by atoms with Crippen LogP contribution in [0.5, 0.6) is 0 Å². The van der Waals surface area contributed by atoms with Gasteiger partial charge in [0.25, 0.3) is 0 Å². The van der Waals surface area contributed by atoms with E-state index in [1.54, 1.807) is 0 Å². The maximum atomic E-state index is 13.4. The Morgan fingerprint density at radius 1 is 1.24 bits per heavy atom. The Morgan fingerprint density at radius 2 is 2.07 bits per heavy atom. The highest BCUT2D eigenvalue weighted by atomic mass is 16.5. The molecule has 1 aromatic carbocycles. The SMILES string of the molecule is CC1=CCN(C(=O)C2C3C(=O)N(Cc4ccc(C)c(C)c4)C[C@@]34C=C[C@@H]2O4)CC1. The number of carbonyl (C=O) groups is 2. The molecule has 29 heavy (non-hydrogen) atoms. The lowest BCUT2D eigenvalue weighted by Gasteiger charge is -2.31. The van der Waals surface area contributed by atoms with Crippen molar-refractivity contribution >= 4 is 11.8 Å². The van der Waals surface area contributed by atoms with E-state index in [-0.39, 0.29) is 17.9 Å². The molecule has 4 aliphatic heterocycles. The van der Waals surface area contributed by atoms with Gasteiger partial charge in [-0.2, -0.15) is 0 Å². The third-order valence-corrected chi connectivity index (χ3v) is 7.16. The lowest BCUT2D eigenvalue weighted by atomic mass is 9.76. The number of carbonyl (C=O) groups excluding carboxylic acids is 2. The van der Waals surface area contributed by atoms with E-state index in [1.807, 2.05) is 22.0 Å². The molecular weight excluding hydrogens is 364 g/mol. The summed E-state index contributed by atoms with van der Waals surface area (Å²) in [7, 11) is 0. The molecule has 4 atom stereocenters. The fourth-order valence-corrected chi connectivity index (χ4v) is 5.30. The minimum atomic E-state index is -0.636. The van der Waals surface area contributed by atoms with E-state index in [1.165, 1.54) is 16.7 Å². The lowest BCUT2D eigenvalue weighted by Crippen LogP contribution is -2.47. The van der Waals surface area contributed by atoms with E-state index < -0.39 is 17.4 Å². The van der Waals surface area contributed by atoms with Crippen molar-refractivity contribution in [1.82, 2.24) is 9.80 Å². The summed E-state index contributed by atoms with van der Waals surface area (Å²) in [5.74, 6) is -0.680. The highest BCUT2D eigenvalue weighted by Crippen LogP contribution is 2.52. The topological polar surface area (TPSA) is 49.9 Å². The van der Waals surface area contributed by atoms with E-state index >= 15 is 0 Å². The summed E-state index contributed by atoms with van der Waals surface area (Å²) in [6, 6.07) is 6.33. The predicted molar refractivity (Wildman–Crippen MR) is 110 cm³/mol. The second-order valence-corrected chi connectivity index (χ2v) is 9.10. The van der Waals surface area contributed by atoms with Gasteiger partial charge in [-0.1, -0.05) is 42.0 Å². The van der Waals surface area contributed by atoms with Crippen LogP contribution in [0.1, 0.15) is 30.0 Å². The Kier molecular flexibility index (Phi) is 4.21. The van der Waals surface area contributed by atoms with Crippen molar-refractivity contribution in [3.8, 4) is 0 Å². The number of benzene rings is 1. The quantitative estimate of drug-likeness (QED) is 0.744. The van der Waals surface area contributed by atoms with Crippen molar-refractivity contribution in [2.75, 3.05) is 19.6 Å². The van der Waals surface area contributed by atoms with Crippen molar-refractivity contribution in [3.63, 3.8) is 0 Å². The highest BCUT2D eigenvalue weighted by molar-refractivity contribution is 5.93. The molecule has 2 bridgehead atoms. The molecular formula is C24H28N2O3. The van der Waals surface area contributed by atoms with Gasteiger partial charge < -0.3 is 14.5 Å². The first kappa shape index (κ1) is 18.6. The molecule has 0 N–H and O–H groups in total. The second kappa shape index (κ2) is 6.56. The van der Waals surface area contributed by atoms with Gasteiger partial charge in [-0.25, -0.2) is 0 Å². The number of fused-ring (bicyclic) bond motifs is 1. The van der Waals surface area contributed by atoms with E-state index in [0.29, 0.717) is 19.6 Å². The van der Waals surface area contributed by atoms with Gasteiger partial charge in [0.1, 0.15) is 5.60 Å².